The van der Waals surface area contributed by atoms with Crippen molar-refractivity contribution >= 4 is 35.1 Å². The molecular formula is C26H27N5O3. The first kappa shape index (κ1) is 21.9. The van der Waals surface area contributed by atoms with Crippen LogP contribution in [0.5, 0.6) is 0 Å². The minimum Gasteiger partial charge on any atom is -0.302 e. The quantitative estimate of drug-likeness (QED) is 0.689. The van der Waals surface area contributed by atoms with Gasteiger partial charge in [0.15, 0.2) is 18.0 Å². The highest BCUT2D eigenvalue weighted by atomic mass is 16.2. The molecule has 8 nitrogen and oxygen atoms in total. The summed E-state index contributed by atoms with van der Waals surface area (Å²) in [7, 11) is 1.63. The molecule has 34 heavy (non-hydrogen) atoms. The Morgan fingerprint density at radius 3 is 2.41 bits per heavy atom. The minimum atomic E-state index is -0.843. The third-order valence-electron chi connectivity index (χ3n) is 6.82. The van der Waals surface area contributed by atoms with Crippen LogP contribution < -0.4 is 4.90 Å². The topological polar surface area (TPSA) is 76.5 Å². The number of ketones is 1. The van der Waals surface area contributed by atoms with Gasteiger partial charge in [-0.1, -0.05) is 55.5 Å². The molecule has 174 valence electrons. The molecule has 3 heterocycles. The molecule has 5 rings (SSSR count). The fourth-order valence-corrected chi connectivity index (χ4v) is 4.81. The first-order valence-corrected chi connectivity index (χ1v) is 11.5. The predicted molar refractivity (Wildman–Crippen MR) is 130 cm³/mol. The van der Waals surface area contributed by atoms with Gasteiger partial charge < -0.3 is 4.90 Å². The Bertz CT molecular complexity index is 1240. The zero-order valence-corrected chi connectivity index (χ0v) is 19.7. The Morgan fingerprint density at radius 1 is 1.06 bits per heavy atom. The summed E-state index contributed by atoms with van der Waals surface area (Å²) in [6, 6.07) is 16.0. The number of aryl methyl sites for hydroxylation is 1. The van der Waals surface area contributed by atoms with Crippen molar-refractivity contribution in [1.82, 2.24) is 14.7 Å². The summed E-state index contributed by atoms with van der Waals surface area (Å²) in [5.41, 5.74) is 4.02. The van der Waals surface area contributed by atoms with Crippen LogP contribution >= 0.6 is 0 Å². The fourth-order valence-electron chi connectivity index (χ4n) is 4.81. The summed E-state index contributed by atoms with van der Waals surface area (Å²) in [5, 5.41) is 0. The van der Waals surface area contributed by atoms with E-state index in [0.29, 0.717) is 5.96 Å². The van der Waals surface area contributed by atoms with Crippen molar-refractivity contribution in [2.24, 2.45) is 4.99 Å². The van der Waals surface area contributed by atoms with Gasteiger partial charge >= 0.3 is 6.03 Å². The molecule has 2 aromatic carbocycles. The third kappa shape index (κ3) is 3.13. The lowest BCUT2D eigenvalue weighted by Gasteiger charge is -2.41. The second-order valence-corrected chi connectivity index (χ2v) is 8.78. The van der Waals surface area contributed by atoms with Crippen molar-refractivity contribution in [1.29, 1.82) is 0 Å². The smallest absolute Gasteiger partial charge is 0.302 e. The molecule has 8 heteroatoms. The Balaban J connectivity index is 1.64. The number of hydrogen-bond donors (Lipinski definition) is 0. The number of urea groups is 1. The number of guanidine groups is 1. The molecule has 3 aliphatic heterocycles. The number of fused-ring (bicyclic) bond motifs is 3. The number of carbonyl (C=O) groups excluding carboxylic acids is 3. The number of para-hydroxylation sites is 1. The van der Waals surface area contributed by atoms with Gasteiger partial charge in [0.05, 0.1) is 17.4 Å². The second-order valence-electron chi connectivity index (χ2n) is 8.78. The van der Waals surface area contributed by atoms with Crippen LogP contribution in [-0.2, 0) is 16.0 Å². The van der Waals surface area contributed by atoms with Gasteiger partial charge in [0, 0.05) is 18.8 Å². The highest BCUT2D eigenvalue weighted by molar-refractivity contribution is 6.16. The molecule has 3 amide bonds. The molecule has 0 bridgehead atoms. The maximum Gasteiger partial charge on any atom is 0.328 e. The van der Waals surface area contributed by atoms with Crippen LogP contribution in [0.25, 0.3) is 5.70 Å². The standard InChI is InChI=1S/C26H27N5O3/c1-5-18-11-9-10-14-20(18)31-21(19-12-7-6-8-13-19)15-29-22-23(27-25(29)31)28(4)26(34)30(24(22)33)16(2)17(3)32/h6-16,22-23H,5H2,1-4H3. The van der Waals surface area contributed by atoms with Gasteiger partial charge in [0.1, 0.15) is 0 Å². The Labute approximate surface area is 198 Å². The lowest BCUT2D eigenvalue weighted by atomic mass is 10.1. The number of benzene rings is 2. The summed E-state index contributed by atoms with van der Waals surface area (Å²) in [6.07, 6.45) is 2.09. The van der Waals surface area contributed by atoms with E-state index in [0.717, 1.165) is 33.8 Å². The number of amides is 3. The van der Waals surface area contributed by atoms with E-state index in [1.54, 1.807) is 14.0 Å². The van der Waals surface area contributed by atoms with Gasteiger partial charge in [-0.25, -0.2) is 9.79 Å². The van der Waals surface area contributed by atoms with Crippen LogP contribution in [0.3, 0.4) is 0 Å². The molecule has 0 aliphatic carbocycles. The van der Waals surface area contributed by atoms with Crippen LogP contribution in [0.2, 0.25) is 0 Å². The molecule has 3 atom stereocenters. The van der Waals surface area contributed by atoms with Gasteiger partial charge in [0.25, 0.3) is 5.91 Å². The number of aliphatic imine (C=N–C) groups is 1. The molecule has 2 aromatic rings. The number of Topliss-reactive ketones (excluding diaryl/α,β-unsaturated/α-hetero) is 1. The van der Waals surface area contributed by atoms with Crippen molar-refractivity contribution in [2.75, 3.05) is 11.9 Å². The molecule has 1 fully saturated rings. The summed E-state index contributed by atoms with van der Waals surface area (Å²) < 4.78 is 0. The lowest BCUT2D eigenvalue weighted by molar-refractivity contribution is -0.142. The number of carbonyl (C=O) groups is 3. The van der Waals surface area contributed by atoms with E-state index in [9.17, 15) is 14.4 Å². The molecular weight excluding hydrogens is 430 g/mol. The summed E-state index contributed by atoms with van der Waals surface area (Å²) in [4.78, 5) is 50.1. The third-order valence-corrected chi connectivity index (χ3v) is 6.82. The predicted octanol–water partition coefficient (Wildman–Crippen LogP) is 3.31. The molecule has 3 aliphatic rings. The van der Waals surface area contributed by atoms with Gasteiger partial charge in [0.2, 0.25) is 5.96 Å². The van der Waals surface area contributed by atoms with E-state index in [1.807, 2.05) is 59.6 Å². The molecule has 0 saturated carbocycles. The van der Waals surface area contributed by atoms with Crippen LogP contribution in [0.1, 0.15) is 31.9 Å². The molecule has 0 aromatic heterocycles. The maximum absolute atomic E-state index is 13.6. The van der Waals surface area contributed by atoms with Gasteiger partial charge in [-0.05, 0) is 31.9 Å². The van der Waals surface area contributed by atoms with Gasteiger partial charge in [-0.15, -0.1) is 0 Å². The zero-order chi connectivity index (χ0) is 24.1. The van der Waals surface area contributed by atoms with E-state index in [1.165, 1.54) is 11.8 Å². The zero-order valence-electron chi connectivity index (χ0n) is 19.7. The van der Waals surface area contributed by atoms with E-state index in [-0.39, 0.29) is 5.78 Å². The minimum absolute atomic E-state index is 0.242. The van der Waals surface area contributed by atoms with Gasteiger partial charge in [-0.3, -0.25) is 24.3 Å². The number of nitrogens with zero attached hydrogens (tertiary/aromatic N) is 5. The van der Waals surface area contributed by atoms with E-state index in [4.69, 9.17) is 4.99 Å². The highest BCUT2D eigenvalue weighted by Crippen LogP contribution is 2.41. The van der Waals surface area contributed by atoms with E-state index < -0.39 is 30.2 Å². The number of hydrogen-bond acceptors (Lipinski definition) is 6. The van der Waals surface area contributed by atoms with E-state index in [2.05, 4.69) is 17.9 Å². The van der Waals surface area contributed by atoms with Crippen LogP contribution in [-0.4, -0.2) is 63.7 Å². The largest absolute Gasteiger partial charge is 0.328 e. The molecule has 3 unspecified atom stereocenters. The summed E-state index contributed by atoms with van der Waals surface area (Å²) in [5.74, 6) is -0.0583. The normalized spacial score (nSPS) is 22.5. The van der Waals surface area contributed by atoms with Crippen LogP contribution in [0.4, 0.5) is 10.5 Å². The van der Waals surface area contributed by atoms with Crippen LogP contribution in [0, 0.1) is 0 Å². The maximum atomic E-state index is 13.6. The monoisotopic (exact) mass is 457 g/mol. The fraction of sp³-hybridized carbons (Fsp3) is 0.308. The average molecular weight is 458 g/mol. The molecule has 0 N–H and O–H groups in total. The van der Waals surface area contributed by atoms with E-state index >= 15 is 0 Å². The first-order chi connectivity index (χ1) is 16.3. The van der Waals surface area contributed by atoms with Crippen molar-refractivity contribution in [3.05, 3.63) is 71.9 Å². The molecule has 0 spiro atoms. The Hall–Kier alpha value is -3.94. The SMILES string of the molecule is CCc1ccccc1N1C(c2ccccc2)=CN2C1=NC1C2C(=O)N(C(C)C(C)=O)C(=O)N1C. The van der Waals surface area contributed by atoms with Gasteiger partial charge in [-0.2, -0.15) is 0 Å². The van der Waals surface area contributed by atoms with Crippen molar-refractivity contribution < 1.29 is 14.4 Å². The highest BCUT2D eigenvalue weighted by Gasteiger charge is 2.56. The molecule has 0 radical (unpaired) electrons. The number of rotatable bonds is 5. The van der Waals surface area contributed by atoms with Crippen molar-refractivity contribution in [3.63, 3.8) is 0 Å². The number of anilines is 1. The van der Waals surface area contributed by atoms with Crippen molar-refractivity contribution in [2.45, 2.75) is 45.4 Å². The number of imide groups is 1. The second kappa shape index (κ2) is 8.13. The Kier molecular flexibility index (Phi) is 5.23. The molecule has 1 saturated heterocycles. The first-order valence-electron chi connectivity index (χ1n) is 11.5. The summed E-state index contributed by atoms with van der Waals surface area (Å²) >= 11 is 0. The number of likely N-dealkylation sites (N-methyl/N-ethyl adjacent to an activating group) is 1. The summed E-state index contributed by atoms with van der Waals surface area (Å²) in [6.45, 7) is 5.08. The average Bonchev–Trinajstić information content (AvgIpc) is 3.39. The van der Waals surface area contributed by atoms with Crippen molar-refractivity contribution in [3.8, 4) is 0 Å². The lowest BCUT2D eigenvalue weighted by Crippen LogP contribution is -2.66. The Morgan fingerprint density at radius 2 is 1.74 bits per heavy atom. The van der Waals surface area contributed by atoms with Crippen LogP contribution in [0.15, 0.2) is 65.8 Å².